The van der Waals surface area contributed by atoms with E-state index in [1.165, 1.54) is 0 Å². The van der Waals surface area contributed by atoms with Crippen molar-refractivity contribution < 1.29 is 4.74 Å². The molecule has 1 rings (SSSR count). The van der Waals surface area contributed by atoms with Crippen molar-refractivity contribution in [2.24, 2.45) is 0 Å². The molecule has 0 amide bonds. The molecular formula is C8H11BrN2O. The summed E-state index contributed by atoms with van der Waals surface area (Å²) >= 11 is 3.48. The number of hydrogen-bond acceptors (Lipinski definition) is 3. The Morgan fingerprint density at radius 2 is 2.50 bits per heavy atom. The topological polar surface area (TPSA) is 35.0 Å². The van der Waals surface area contributed by atoms with Crippen LogP contribution in [0.5, 0.6) is 0 Å². The molecule has 0 N–H and O–H groups in total. The van der Waals surface area contributed by atoms with Crippen molar-refractivity contribution >= 4 is 15.9 Å². The van der Waals surface area contributed by atoms with Gasteiger partial charge in [-0.1, -0.05) is 15.9 Å². The van der Waals surface area contributed by atoms with E-state index >= 15 is 0 Å². The van der Waals surface area contributed by atoms with Crippen LogP contribution in [0.1, 0.15) is 5.69 Å². The zero-order valence-electron chi connectivity index (χ0n) is 6.90. The fourth-order valence-corrected chi connectivity index (χ4v) is 1.51. The van der Waals surface area contributed by atoms with Crippen molar-refractivity contribution in [3.8, 4) is 0 Å². The van der Waals surface area contributed by atoms with E-state index in [9.17, 15) is 0 Å². The fourth-order valence-electron chi connectivity index (χ4n) is 0.909. The largest absolute Gasteiger partial charge is 0.384 e. The molecule has 1 aromatic rings. The maximum atomic E-state index is 4.98. The SMILES string of the molecule is COCC(Br)Cc1cccnn1. The van der Waals surface area contributed by atoms with Crippen molar-refractivity contribution in [3.05, 3.63) is 24.0 Å². The van der Waals surface area contributed by atoms with Gasteiger partial charge in [0.05, 0.1) is 12.3 Å². The van der Waals surface area contributed by atoms with Gasteiger partial charge in [0.15, 0.2) is 0 Å². The molecule has 4 heteroatoms. The third kappa shape index (κ3) is 3.28. The minimum atomic E-state index is 0.319. The van der Waals surface area contributed by atoms with E-state index in [1.54, 1.807) is 13.3 Å². The Hall–Kier alpha value is -0.480. The molecule has 66 valence electrons. The van der Waals surface area contributed by atoms with E-state index in [0.29, 0.717) is 11.4 Å². The Labute approximate surface area is 80.3 Å². The van der Waals surface area contributed by atoms with Gasteiger partial charge >= 0.3 is 0 Å². The fraction of sp³-hybridized carbons (Fsp3) is 0.500. The lowest BCUT2D eigenvalue weighted by Gasteiger charge is -2.06. The monoisotopic (exact) mass is 230 g/mol. The van der Waals surface area contributed by atoms with Crippen molar-refractivity contribution in [2.75, 3.05) is 13.7 Å². The normalized spacial score (nSPS) is 12.8. The second-order valence-electron chi connectivity index (χ2n) is 2.47. The van der Waals surface area contributed by atoms with Crippen LogP contribution in [-0.4, -0.2) is 28.7 Å². The van der Waals surface area contributed by atoms with Gasteiger partial charge in [0.1, 0.15) is 0 Å². The molecule has 1 heterocycles. The van der Waals surface area contributed by atoms with Crippen molar-refractivity contribution in [1.82, 2.24) is 10.2 Å². The van der Waals surface area contributed by atoms with Gasteiger partial charge in [-0.25, -0.2) is 0 Å². The number of aromatic nitrogens is 2. The van der Waals surface area contributed by atoms with Crippen LogP contribution in [0.15, 0.2) is 18.3 Å². The Morgan fingerprint density at radius 3 is 3.08 bits per heavy atom. The maximum Gasteiger partial charge on any atom is 0.0643 e. The molecule has 0 radical (unpaired) electrons. The zero-order valence-corrected chi connectivity index (χ0v) is 8.49. The smallest absolute Gasteiger partial charge is 0.0643 e. The van der Waals surface area contributed by atoms with Gasteiger partial charge in [0.2, 0.25) is 0 Å². The minimum Gasteiger partial charge on any atom is -0.384 e. The van der Waals surface area contributed by atoms with Crippen molar-refractivity contribution in [1.29, 1.82) is 0 Å². The summed E-state index contributed by atoms with van der Waals surface area (Å²) in [6, 6.07) is 3.84. The molecule has 1 unspecified atom stereocenters. The Balaban J connectivity index is 2.41. The average Bonchev–Trinajstić information content (AvgIpc) is 2.06. The molecule has 0 bridgehead atoms. The van der Waals surface area contributed by atoms with Crippen LogP contribution >= 0.6 is 15.9 Å². The number of halogens is 1. The molecular weight excluding hydrogens is 220 g/mol. The van der Waals surface area contributed by atoms with E-state index in [-0.39, 0.29) is 0 Å². The van der Waals surface area contributed by atoms with Crippen LogP contribution in [-0.2, 0) is 11.2 Å². The number of methoxy groups -OCH3 is 1. The lowest BCUT2D eigenvalue weighted by molar-refractivity contribution is 0.200. The highest BCUT2D eigenvalue weighted by Crippen LogP contribution is 2.06. The molecule has 0 saturated carbocycles. The molecule has 1 atom stereocenters. The lowest BCUT2D eigenvalue weighted by atomic mass is 10.2. The van der Waals surface area contributed by atoms with Gasteiger partial charge in [-0.15, -0.1) is 0 Å². The van der Waals surface area contributed by atoms with Crippen LogP contribution < -0.4 is 0 Å². The predicted octanol–water partition coefficient (Wildman–Crippen LogP) is 1.43. The number of nitrogens with zero attached hydrogens (tertiary/aromatic N) is 2. The first-order chi connectivity index (χ1) is 5.83. The highest BCUT2D eigenvalue weighted by Gasteiger charge is 2.05. The van der Waals surface area contributed by atoms with Crippen LogP contribution in [0.2, 0.25) is 0 Å². The van der Waals surface area contributed by atoms with Crippen LogP contribution in [0.4, 0.5) is 0 Å². The van der Waals surface area contributed by atoms with Gasteiger partial charge in [-0.3, -0.25) is 0 Å². The number of alkyl halides is 1. The summed E-state index contributed by atoms with van der Waals surface area (Å²) in [5.41, 5.74) is 0.983. The second kappa shape index (κ2) is 5.22. The molecule has 0 fully saturated rings. The highest BCUT2D eigenvalue weighted by atomic mass is 79.9. The van der Waals surface area contributed by atoms with Crippen LogP contribution in [0, 0.1) is 0 Å². The van der Waals surface area contributed by atoms with E-state index in [0.717, 1.165) is 12.1 Å². The first kappa shape index (κ1) is 9.61. The second-order valence-corrected chi connectivity index (χ2v) is 3.77. The molecule has 12 heavy (non-hydrogen) atoms. The minimum absolute atomic E-state index is 0.319. The molecule has 0 aliphatic heterocycles. The average molecular weight is 231 g/mol. The molecule has 1 aromatic heterocycles. The van der Waals surface area contributed by atoms with Crippen molar-refractivity contribution in [2.45, 2.75) is 11.2 Å². The maximum absolute atomic E-state index is 4.98. The molecule has 0 aliphatic carbocycles. The third-order valence-corrected chi connectivity index (χ3v) is 1.99. The highest BCUT2D eigenvalue weighted by molar-refractivity contribution is 9.09. The molecule has 0 saturated heterocycles. The summed E-state index contributed by atoms with van der Waals surface area (Å²) < 4.78 is 4.98. The Bertz CT molecular complexity index is 218. The van der Waals surface area contributed by atoms with Crippen molar-refractivity contribution in [3.63, 3.8) is 0 Å². The summed E-state index contributed by atoms with van der Waals surface area (Å²) in [6.45, 7) is 0.691. The third-order valence-electron chi connectivity index (χ3n) is 1.41. The van der Waals surface area contributed by atoms with E-state index in [1.807, 2.05) is 12.1 Å². The van der Waals surface area contributed by atoms with Gasteiger partial charge in [-0.05, 0) is 12.1 Å². The molecule has 0 aromatic carbocycles. The molecule has 3 nitrogen and oxygen atoms in total. The standard InChI is InChI=1S/C8H11BrN2O/c1-12-6-7(9)5-8-3-2-4-10-11-8/h2-4,7H,5-6H2,1H3. The Morgan fingerprint density at radius 1 is 1.67 bits per heavy atom. The predicted molar refractivity (Wildman–Crippen MR) is 50.3 cm³/mol. The van der Waals surface area contributed by atoms with E-state index in [2.05, 4.69) is 26.1 Å². The molecule has 0 aliphatic rings. The lowest BCUT2D eigenvalue weighted by Crippen LogP contribution is -2.11. The summed E-state index contributed by atoms with van der Waals surface area (Å²) in [6.07, 6.45) is 2.52. The summed E-state index contributed by atoms with van der Waals surface area (Å²) in [7, 11) is 1.69. The van der Waals surface area contributed by atoms with Crippen LogP contribution in [0.3, 0.4) is 0 Å². The summed E-state index contributed by atoms with van der Waals surface area (Å²) in [4.78, 5) is 0.319. The number of ether oxygens (including phenoxy) is 1. The van der Waals surface area contributed by atoms with Gasteiger partial charge in [-0.2, -0.15) is 10.2 Å². The molecule has 0 spiro atoms. The van der Waals surface area contributed by atoms with Gasteiger partial charge < -0.3 is 4.74 Å². The van der Waals surface area contributed by atoms with E-state index < -0.39 is 0 Å². The Kier molecular flexibility index (Phi) is 4.18. The first-order valence-corrected chi connectivity index (χ1v) is 4.64. The number of rotatable bonds is 4. The van der Waals surface area contributed by atoms with Gasteiger partial charge in [0.25, 0.3) is 0 Å². The summed E-state index contributed by atoms with van der Waals surface area (Å²) in [5.74, 6) is 0. The van der Waals surface area contributed by atoms with Crippen LogP contribution in [0.25, 0.3) is 0 Å². The first-order valence-electron chi connectivity index (χ1n) is 3.72. The number of hydrogen-bond donors (Lipinski definition) is 0. The zero-order chi connectivity index (χ0) is 8.81. The van der Waals surface area contributed by atoms with Gasteiger partial charge in [0, 0.05) is 24.6 Å². The summed E-state index contributed by atoms with van der Waals surface area (Å²) in [5, 5.41) is 7.75. The van der Waals surface area contributed by atoms with E-state index in [4.69, 9.17) is 4.74 Å². The quantitative estimate of drug-likeness (QED) is 0.735.